The monoisotopic (exact) mass is 165 g/mol. The van der Waals surface area contributed by atoms with E-state index in [2.05, 4.69) is 15.3 Å². The number of nitrogens with one attached hydrogen (secondary N) is 2. The van der Waals surface area contributed by atoms with Gasteiger partial charge < -0.3 is 10.3 Å². The zero-order chi connectivity index (χ0) is 8.39. The average Bonchev–Trinajstić information content (AvgIpc) is 2.63. The molecule has 0 radical (unpaired) electrons. The van der Waals surface area contributed by atoms with Gasteiger partial charge >= 0.3 is 0 Å². The molecule has 0 unspecified atom stereocenters. The maximum Gasteiger partial charge on any atom is 0.200 e. The van der Waals surface area contributed by atoms with Crippen LogP contribution in [0.2, 0.25) is 0 Å². The molecule has 2 rings (SSSR count). The third-order valence-corrected chi connectivity index (χ3v) is 2.40. The van der Waals surface area contributed by atoms with E-state index in [4.69, 9.17) is 0 Å². The molecule has 1 aliphatic carbocycles. The van der Waals surface area contributed by atoms with E-state index in [-0.39, 0.29) is 0 Å². The first-order valence-electron chi connectivity index (χ1n) is 4.63. The number of H-pyrrole nitrogens is 1. The van der Waals surface area contributed by atoms with Gasteiger partial charge in [0.2, 0.25) is 5.95 Å². The summed E-state index contributed by atoms with van der Waals surface area (Å²) in [7, 11) is 0. The number of rotatable bonds is 2. The van der Waals surface area contributed by atoms with Gasteiger partial charge in [-0.3, -0.25) is 0 Å². The Kier molecular flexibility index (Phi) is 2.02. The van der Waals surface area contributed by atoms with Crippen molar-refractivity contribution >= 4 is 5.95 Å². The topological polar surface area (TPSA) is 40.7 Å². The van der Waals surface area contributed by atoms with E-state index in [1.807, 2.05) is 13.1 Å². The summed E-state index contributed by atoms with van der Waals surface area (Å²) in [4.78, 5) is 7.39. The molecule has 0 saturated heterocycles. The quantitative estimate of drug-likeness (QED) is 0.704. The van der Waals surface area contributed by atoms with Crippen LogP contribution in [0.4, 0.5) is 5.95 Å². The Morgan fingerprint density at radius 1 is 1.50 bits per heavy atom. The van der Waals surface area contributed by atoms with E-state index in [1.54, 1.807) is 0 Å². The molecule has 66 valence electrons. The van der Waals surface area contributed by atoms with E-state index in [9.17, 15) is 0 Å². The van der Waals surface area contributed by atoms with Crippen LogP contribution in [0.15, 0.2) is 6.20 Å². The molecule has 0 aliphatic heterocycles. The Bertz CT molecular complexity index is 248. The van der Waals surface area contributed by atoms with Crippen LogP contribution in [0.3, 0.4) is 0 Å². The molecule has 1 aromatic heterocycles. The second kappa shape index (κ2) is 3.17. The van der Waals surface area contributed by atoms with Crippen molar-refractivity contribution in [3.05, 3.63) is 11.9 Å². The molecule has 0 amide bonds. The number of aryl methyl sites for hydroxylation is 1. The SMILES string of the molecule is Cc1cnc(NC2CCCC2)[nH]1. The summed E-state index contributed by atoms with van der Waals surface area (Å²) in [6.07, 6.45) is 7.16. The van der Waals surface area contributed by atoms with Gasteiger partial charge in [0.1, 0.15) is 0 Å². The zero-order valence-electron chi connectivity index (χ0n) is 7.43. The molecule has 1 fully saturated rings. The molecular weight excluding hydrogens is 150 g/mol. The minimum absolute atomic E-state index is 0.649. The molecule has 1 aromatic rings. The Morgan fingerprint density at radius 3 is 2.83 bits per heavy atom. The van der Waals surface area contributed by atoms with Gasteiger partial charge in [0.05, 0.1) is 0 Å². The Morgan fingerprint density at radius 2 is 2.25 bits per heavy atom. The van der Waals surface area contributed by atoms with Gasteiger partial charge in [-0.25, -0.2) is 4.98 Å². The van der Waals surface area contributed by atoms with Gasteiger partial charge in [0.25, 0.3) is 0 Å². The van der Waals surface area contributed by atoms with E-state index >= 15 is 0 Å². The molecule has 0 atom stereocenters. The summed E-state index contributed by atoms with van der Waals surface area (Å²) >= 11 is 0. The van der Waals surface area contributed by atoms with E-state index in [0.29, 0.717) is 6.04 Å². The fraction of sp³-hybridized carbons (Fsp3) is 0.667. The van der Waals surface area contributed by atoms with Crippen LogP contribution in [0, 0.1) is 6.92 Å². The van der Waals surface area contributed by atoms with Crippen LogP contribution >= 0.6 is 0 Å². The third kappa shape index (κ3) is 1.60. The van der Waals surface area contributed by atoms with Crippen LogP contribution < -0.4 is 5.32 Å². The number of hydrogen-bond donors (Lipinski definition) is 2. The van der Waals surface area contributed by atoms with Gasteiger partial charge in [0, 0.05) is 17.9 Å². The highest BCUT2D eigenvalue weighted by atomic mass is 15.1. The molecular formula is C9H15N3. The predicted molar refractivity (Wildman–Crippen MR) is 49.2 cm³/mol. The average molecular weight is 165 g/mol. The molecule has 0 spiro atoms. The lowest BCUT2D eigenvalue weighted by molar-refractivity contribution is 0.746. The number of nitrogens with zero attached hydrogens (tertiary/aromatic N) is 1. The summed E-state index contributed by atoms with van der Waals surface area (Å²) in [6, 6.07) is 0.649. The van der Waals surface area contributed by atoms with Gasteiger partial charge in [-0.15, -0.1) is 0 Å². The van der Waals surface area contributed by atoms with Crippen molar-refractivity contribution in [2.24, 2.45) is 0 Å². The van der Waals surface area contributed by atoms with Crippen molar-refractivity contribution in [3.8, 4) is 0 Å². The van der Waals surface area contributed by atoms with E-state index in [1.165, 1.54) is 25.7 Å². The van der Waals surface area contributed by atoms with Gasteiger partial charge in [-0.2, -0.15) is 0 Å². The standard InChI is InChI=1S/C9H15N3/c1-7-6-10-9(11-7)12-8-4-2-3-5-8/h6,8H,2-5H2,1H3,(H2,10,11,12). The number of anilines is 1. The smallest absolute Gasteiger partial charge is 0.200 e. The molecule has 12 heavy (non-hydrogen) atoms. The van der Waals surface area contributed by atoms with Crippen molar-refractivity contribution in [1.82, 2.24) is 9.97 Å². The maximum atomic E-state index is 4.21. The van der Waals surface area contributed by atoms with Gasteiger partial charge in [-0.1, -0.05) is 12.8 Å². The van der Waals surface area contributed by atoms with Crippen molar-refractivity contribution in [3.63, 3.8) is 0 Å². The van der Waals surface area contributed by atoms with Crippen LogP contribution in [0.5, 0.6) is 0 Å². The van der Waals surface area contributed by atoms with Crippen molar-refractivity contribution < 1.29 is 0 Å². The zero-order valence-corrected chi connectivity index (χ0v) is 7.43. The summed E-state index contributed by atoms with van der Waals surface area (Å²) in [5.41, 5.74) is 1.12. The molecule has 3 heteroatoms. The van der Waals surface area contributed by atoms with Crippen molar-refractivity contribution in [2.75, 3.05) is 5.32 Å². The van der Waals surface area contributed by atoms with Crippen LogP contribution in [-0.2, 0) is 0 Å². The van der Waals surface area contributed by atoms with E-state index in [0.717, 1.165) is 11.6 Å². The Balaban J connectivity index is 1.94. The van der Waals surface area contributed by atoms with Gasteiger partial charge in [0.15, 0.2) is 0 Å². The normalized spacial score (nSPS) is 18.4. The molecule has 1 saturated carbocycles. The number of aromatic nitrogens is 2. The van der Waals surface area contributed by atoms with E-state index < -0.39 is 0 Å². The van der Waals surface area contributed by atoms with Crippen LogP contribution in [-0.4, -0.2) is 16.0 Å². The molecule has 1 heterocycles. The molecule has 3 nitrogen and oxygen atoms in total. The third-order valence-electron chi connectivity index (χ3n) is 2.40. The lowest BCUT2D eigenvalue weighted by atomic mass is 10.3. The van der Waals surface area contributed by atoms with Crippen LogP contribution in [0.25, 0.3) is 0 Å². The van der Waals surface area contributed by atoms with Crippen LogP contribution in [0.1, 0.15) is 31.4 Å². The molecule has 1 aliphatic rings. The highest BCUT2D eigenvalue weighted by Gasteiger charge is 2.14. The lowest BCUT2D eigenvalue weighted by Gasteiger charge is -2.09. The fourth-order valence-corrected chi connectivity index (χ4v) is 1.75. The predicted octanol–water partition coefficient (Wildman–Crippen LogP) is 2.07. The molecule has 0 aromatic carbocycles. The summed E-state index contributed by atoms with van der Waals surface area (Å²) in [5.74, 6) is 0.930. The Labute approximate surface area is 72.6 Å². The first kappa shape index (κ1) is 7.65. The highest BCUT2D eigenvalue weighted by molar-refractivity contribution is 5.27. The van der Waals surface area contributed by atoms with Crippen molar-refractivity contribution in [2.45, 2.75) is 38.6 Å². The second-order valence-corrected chi connectivity index (χ2v) is 3.54. The maximum absolute atomic E-state index is 4.21. The first-order chi connectivity index (χ1) is 5.84. The fourth-order valence-electron chi connectivity index (χ4n) is 1.75. The van der Waals surface area contributed by atoms with Crippen molar-refractivity contribution in [1.29, 1.82) is 0 Å². The Hall–Kier alpha value is -0.990. The lowest BCUT2D eigenvalue weighted by Crippen LogP contribution is -2.15. The number of imidazole rings is 1. The minimum Gasteiger partial charge on any atom is -0.353 e. The minimum atomic E-state index is 0.649. The largest absolute Gasteiger partial charge is 0.353 e. The second-order valence-electron chi connectivity index (χ2n) is 3.54. The summed E-state index contributed by atoms with van der Waals surface area (Å²) in [5, 5.41) is 3.40. The number of aromatic amines is 1. The highest BCUT2D eigenvalue weighted by Crippen LogP contribution is 2.20. The first-order valence-corrected chi connectivity index (χ1v) is 4.63. The molecule has 2 N–H and O–H groups in total. The summed E-state index contributed by atoms with van der Waals surface area (Å²) in [6.45, 7) is 2.02. The molecule has 0 bridgehead atoms. The van der Waals surface area contributed by atoms with Gasteiger partial charge in [-0.05, 0) is 19.8 Å². The number of hydrogen-bond acceptors (Lipinski definition) is 2. The summed E-state index contributed by atoms with van der Waals surface area (Å²) < 4.78 is 0.